The Balaban J connectivity index is 1.54. The molecule has 0 radical (unpaired) electrons. The lowest BCUT2D eigenvalue weighted by molar-refractivity contribution is -0.0300. The van der Waals surface area contributed by atoms with Crippen molar-refractivity contribution in [3.8, 4) is 0 Å². The van der Waals surface area contributed by atoms with Crippen molar-refractivity contribution in [1.29, 1.82) is 0 Å². The van der Waals surface area contributed by atoms with Crippen LogP contribution in [0.5, 0.6) is 0 Å². The van der Waals surface area contributed by atoms with E-state index in [4.69, 9.17) is 0 Å². The molecular weight excluding hydrogens is 292 g/mol. The fraction of sp³-hybridized carbons (Fsp3) is 0.688. The van der Waals surface area contributed by atoms with Crippen molar-refractivity contribution >= 4 is 11.3 Å². The average molecular weight is 316 g/mol. The van der Waals surface area contributed by atoms with Crippen LogP contribution >= 0.6 is 0 Å². The van der Waals surface area contributed by atoms with Crippen molar-refractivity contribution in [2.24, 2.45) is 0 Å². The van der Waals surface area contributed by atoms with Gasteiger partial charge in [0.15, 0.2) is 0 Å². The normalized spacial score (nSPS) is 21.3. The van der Waals surface area contributed by atoms with Crippen LogP contribution in [0.2, 0.25) is 0 Å². The third-order valence-corrected chi connectivity index (χ3v) is 5.07. The van der Waals surface area contributed by atoms with E-state index in [9.17, 15) is 5.11 Å². The lowest BCUT2D eigenvalue weighted by atomic mass is 9.98. The molecular formula is C16H24N6O. The molecule has 23 heavy (non-hydrogen) atoms. The molecule has 0 aliphatic carbocycles. The number of nitrogens with zero attached hydrogens (tertiary/aromatic N) is 6. The molecule has 124 valence electrons. The molecule has 2 aliphatic rings. The molecule has 7 heteroatoms. The summed E-state index contributed by atoms with van der Waals surface area (Å²) in [6, 6.07) is 2.78. The highest BCUT2D eigenvalue weighted by Gasteiger charge is 2.33. The van der Waals surface area contributed by atoms with Gasteiger partial charge in [-0.3, -0.25) is 4.90 Å². The Hall–Kier alpha value is -1.73. The number of hydrogen-bond acceptors (Lipinski definition) is 6. The van der Waals surface area contributed by atoms with Gasteiger partial charge in [0.05, 0.1) is 17.5 Å². The number of rotatable bonds is 3. The van der Waals surface area contributed by atoms with Crippen LogP contribution in [0.1, 0.15) is 38.3 Å². The average Bonchev–Trinajstić information content (AvgIpc) is 2.99. The van der Waals surface area contributed by atoms with Crippen LogP contribution in [-0.2, 0) is 0 Å². The van der Waals surface area contributed by atoms with Gasteiger partial charge >= 0.3 is 0 Å². The Kier molecular flexibility index (Phi) is 3.69. The maximum absolute atomic E-state index is 9.48. The third kappa shape index (κ3) is 2.68. The summed E-state index contributed by atoms with van der Waals surface area (Å²) in [6.45, 7) is 8.02. The van der Waals surface area contributed by atoms with Crippen molar-refractivity contribution in [2.45, 2.75) is 44.8 Å². The zero-order valence-electron chi connectivity index (χ0n) is 13.8. The van der Waals surface area contributed by atoms with Crippen LogP contribution in [0.3, 0.4) is 0 Å². The van der Waals surface area contributed by atoms with E-state index >= 15 is 0 Å². The highest BCUT2D eigenvalue weighted by Crippen LogP contribution is 2.29. The van der Waals surface area contributed by atoms with Crippen LogP contribution in [-0.4, -0.2) is 68.1 Å². The van der Waals surface area contributed by atoms with E-state index in [0.717, 1.165) is 56.0 Å². The molecule has 0 spiro atoms. The number of aliphatic hydroxyl groups is 1. The molecule has 4 rings (SSSR count). The predicted octanol–water partition coefficient (Wildman–Crippen LogP) is 0.893. The number of piperidine rings is 1. The first-order valence-electron chi connectivity index (χ1n) is 8.50. The van der Waals surface area contributed by atoms with Gasteiger partial charge in [0.25, 0.3) is 0 Å². The Bertz CT molecular complexity index is 685. The van der Waals surface area contributed by atoms with Gasteiger partial charge in [0, 0.05) is 32.2 Å². The van der Waals surface area contributed by atoms with Gasteiger partial charge in [-0.25, -0.2) is 0 Å². The molecule has 0 aromatic carbocycles. The summed E-state index contributed by atoms with van der Waals surface area (Å²) in [5, 5.41) is 22.3. The standard InChI is InChI=1S/C16H24N6O/c1-11(2)14-7-15(16-18-17-10-22(16)19-14)20-5-3-12(4-6-20)21-8-13(23)9-21/h7,10-13,23H,3-6,8-9H2,1-2H3. The minimum atomic E-state index is -0.113. The number of hydrogen-bond donors (Lipinski definition) is 1. The van der Waals surface area contributed by atoms with Gasteiger partial charge < -0.3 is 10.0 Å². The van der Waals surface area contributed by atoms with Crippen LogP contribution in [0, 0.1) is 0 Å². The minimum absolute atomic E-state index is 0.113. The van der Waals surface area contributed by atoms with Crippen molar-refractivity contribution in [3.63, 3.8) is 0 Å². The number of β-amino-alcohol motifs (C(OH)–C–C–N with tert-alkyl or cyclic N) is 1. The summed E-state index contributed by atoms with van der Waals surface area (Å²) in [5.74, 6) is 0.376. The van der Waals surface area contributed by atoms with E-state index in [1.807, 2.05) is 0 Å². The second kappa shape index (κ2) is 5.72. The van der Waals surface area contributed by atoms with Gasteiger partial charge in [0.1, 0.15) is 6.33 Å². The fourth-order valence-electron chi connectivity index (χ4n) is 3.60. The Morgan fingerprint density at radius 1 is 1.22 bits per heavy atom. The Morgan fingerprint density at radius 3 is 2.61 bits per heavy atom. The lowest BCUT2D eigenvalue weighted by Gasteiger charge is -2.45. The summed E-state index contributed by atoms with van der Waals surface area (Å²) in [7, 11) is 0. The maximum Gasteiger partial charge on any atom is 0.200 e. The molecule has 7 nitrogen and oxygen atoms in total. The monoisotopic (exact) mass is 316 g/mol. The number of anilines is 1. The van der Waals surface area contributed by atoms with E-state index < -0.39 is 0 Å². The molecule has 2 aliphatic heterocycles. The molecule has 2 fully saturated rings. The second-order valence-electron chi connectivity index (χ2n) is 7.03. The van der Waals surface area contributed by atoms with Crippen LogP contribution < -0.4 is 4.90 Å². The molecule has 1 N–H and O–H groups in total. The third-order valence-electron chi connectivity index (χ3n) is 5.07. The number of likely N-dealkylation sites (tertiary alicyclic amines) is 1. The van der Waals surface area contributed by atoms with Crippen LogP contribution in [0.25, 0.3) is 5.65 Å². The largest absolute Gasteiger partial charge is 0.390 e. The zero-order chi connectivity index (χ0) is 16.0. The van der Waals surface area contributed by atoms with Crippen LogP contribution in [0.4, 0.5) is 5.69 Å². The predicted molar refractivity (Wildman–Crippen MR) is 87.7 cm³/mol. The number of fused-ring (bicyclic) bond motifs is 1. The quantitative estimate of drug-likeness (QED) is 0.907. The Labute approximate surface area is 135 Å². The highest BCUT2D eigenvalue weighted by atomic mass is 16.3. The van der Waals surface area contributed by atoms with Gasteiger partial charge in [0.2, 0.25) is 5.65 Å². The fourth-order valence-corrected chi connectivity index (χ4v) is 3.60. The summed E-state index contributed by atoms with van der Waals surface area (Å²) >= 11 is 0. The van der Waals surface area contributed by atoms with Gasteiger partial charge in [-0.15, -0.1) is 10.2 Å². The molecule has 0 amide bonds. The first kappa shape index (κ1) is 14.8. The van der Waals surface area contributed by atoms with Crippen molar-refractivity contribution in [2.75, 3.05) is 31.1 Å². The van der Waals surface area contributed by atoms with Crippen molar-refractivity contribution < 1.29 is 5.11 Å². The molecule has 2 aromatic rings. The first-order chi connectivity index (χ1) is 11.1. The van der Waals surface area contributed by atoms with E-state index in [1.165, 1.54) is 0 Å². The minimum Gasteiger partial charge on any atom is -0.390 e. The zero-order valence-corrected chi connectivity index (χ0v) is 13.8. The number of aromatic nitrogens is 4. The smallest absolute Gasteiger partial charge is 0.200 e. The van der Waals surface area contributed by atoms with Crippen LogP contribution in [0.15, 0.2) is 12.4 Å². The maximum atomic E-state index is 9.48. The number of aliphatic hydroxyl groups excluding tert-OH is 1. The molecule has 2 aromatic heterocycles. The Morgan fingerprint density at radius 2 is 1.96 bits per heavy atom. The summed E-state index contributed by atoms with van der Waals surface area (Å²) in [6.07, 6.45) is 3.83. The molecule has 0 saturated carbocycles. The molecule has 4 heterocycles. The summed E-state index contributed by atoms with van der Waals surface area (Å²) in [4.78, 5) is 4.81. The van der Waals surface area contributed by atoms with Gasteiger partial charge in [-0.05, 0) is 24.8 Å². The topological polar surface area (TPSA) is 69.8 Å². The summed E-state index contributed by atoms with van der Waals surface area (Å²) in [5.41, 5.74) is 3.05. The molecule has 0 unspecified atom stereocenters. The van der Waals surface area contributed by atoms with Crippen molar-refractivity contribution in [1.82, 2.24) is 24.7 Å². The van der Waals surface area contributed by atoms with Gasteiger partial charge in [-0.2, -0.15) is 9.61 Å². The van der Waals surface area contributed by atoms with E-state index in [1.54, 1.807) is 10.8 Å². The second-order valence-corrected chi connectivity index (χ2v) is 7.03. The molecule has 2 saturated heterocycles. The molecule has 0 atom stereocenters. The highest BCUT2D eigenvalue weighted by molar-refractivity contribution is 5.68. The first-order valence-corrected chi connectivity index (χ1v) is 8.50. The lowest BCUT2D eigenvalue weighted by Crippen LogP contribution is -2.57. The van der Waals surface area contributed by atoms with E-state index in [2.05, 4.69) is 45.0 Å². The SMILES string of the molecule is CC(C)c1cc(N2CCC(N3CC(O)C3)CC2)c2nncn2n1. The summed E-state index contributed by atoms with van der Waals surface area (Å²) < 4.78 is 1.79. The van der Waals surface area contributed by atoms with E-state index in [0.29, 0.717) is 12.0 Å². The van der Waals surface area contributed by atoms with Crippen molar-refractivity contribution in [3.05, 3.63) is 18.1 Å². The van der Waals surface area contributed by atoms with E-state index in [-0.39, 0.29) is 6.10 Å². The molecule has 0 bridgehead atoms. The van der Waals surface area contributed by atoms with Gasteiger partial charge in [-0.1, -0.05) is 13.8 Å².